The molecule has 0 saturated carbocycles. The first-order valence-electron chi connectivity index (χ1n) is 5.33. The van der Waals surface area contributed by atoms with Crippen molar-refractivity contribution in [2.45, 2.75) is 6.42 Å². The van der Waals surface area contributed by atoms with Gasteiger partial charge < -0.3 is 9.84 Å². The first kappa shape index (κ1) is 12.6. The molecule has 18 heavy (non-hydrogen) atoms. The Morgan fingerprint density at radius 2 is 2.22 bits per heavy atom. The molecule has 3 nitrogen and oxygen atoms in total. The van der Waals surface area contributed by atoms with Gasteiger partial charge in [0.2, 0.25) is 0 Å². The lowest BCUT2D eigenvalue weighted by Crippen LogP contribution is -2.03. The minimum Gasteiger partial charge on any atom is -0.493 e. The number of carboxylic acids is 1. The van der Waals surface area contributed by atoms with E-state index in [4.69, 9.17) is 9.84 Å². The van der Waals surface area contributed by atoms with Crippen LogP contribution in [0.4, 0.5) is 4.39 Å². The number of ether oxygens (including phenoxy) is 1. The molecule has 0 bridgehead atoms. The summed E-state index contributed by atoms with van der Waals surface area (Å²) in [7, 11) is 0. The number of rotatable bonds is 5. The average Bonchev–Trinajstić information content (AvgIpc) is 2.81. The van der Waals surface area contributed by atoms with Crippen molar-refractivity contribution in [2.24, 2.45) is 0 Å². The molecule has 2 aromatic rings. The summed E-state index contributed by atoms with van der Waals surface area (Å²) in [5.74, 6) is -1.72. The van der Waals surface area contributed by atoms with Crippen LogP contribution in [0.3, 0.4) is 0 Å². The molecule has 0 unspecified atom stereocenters. The largest absolute Gasteiger partial charge is 0.493 e. The van der Waals surface area contributed by atoms with E-state index in [1.165, 1.54) is 17.7 Å². The molecule has 1 aromatic heterocycles. The smallest absolute Gasteiger partial charge is 0.338 e. The zero-order valence-corrected chi connectivity index (χ0v) is 10.2. The van der Waals surface area contributed by atoms with Gasteiger partial charge in [0.15, 0.2) is 0 Å². The van der Waals surface area contributed by atoms with Gasteiger partial charge in [-0.3, -0.25) is 0 Å². The quantitative estimate of drug-likeness (QED) is 0.904. The van der Waals surface area contributed by atoms with Gasteiger partial charge in [-0.05, 0) is 34.5 Å². The fraction of sp³-hybridized carbons (Fsp3) is 0.154. The molecule has 0 atom stereocenters. The van der Waals surface area contributed by atoms with Gasteiger partial charge in [0, 0.05) is 12.5 Å². The highest BCUT2D eigenvalue weighted by molar-refractivity contribution is 7.07. The summed E-state index contributed by atoms with van der Waals surface area (Å²) in [6.07, 6.45) is 0.742. The van der Waals surface area contributed by atoms with Crippen LogP contribution in [0.25, 0.3) is 0 Å². The molecule has 0 aliphatic carbocycles. The molecule has 0 radical (unpaired) electrons. The summed E-state index contributed by atoms with van der Waals surface area (Å²) in [5.41, 5.74) is 0.822. The number of aromatic carboxylic acids is 1. The highest BCUT2D eigenvalue weighted by Gasteiger charge is 2.10. The molecule has 2 rings (SSSR count). The van der Waals surface area contributed by atoms with E-state index in [0.717, 1.165) is 12.5 Å². The van der Waals surface area contributed by atoms with Crippen molar-refractivity contribution in [1.82, 2.24) is 0 Å². The van der Waals surface area contributed by atoms with Gasteiger partial charge in [-0.1, -0.05) is 0 Å². The van der Waals surface area contributed by atoms with E-state index in [9.17, 15) is 9.18 Å². The Labute approximate surface area is 107 Å². The molecular weight excluding hydrogens is 255 g/mol. The van der Waals surface area contributed by atoms with Crippen LogP contribution in [-0.4, -0.2) is 17.7 Å². The topological polar surface area (TPSA) is 46.5 Å². The second-order valence-electron chi connectivity index (χ2n) is 3.68. The molecule has 0 fully saturated rings. The van der Waals surface area contributed by atoms with Crippen LogP contribution in [0.2, 0.25) is 0 Å². The van der Waals surface area contributed by atoms with Gasteiger partial charge >= 0.3 is 5.97 Å². The second-order valence-corrected chi connectivity index (χ2v) is 4.46. The molecule has 94 valence electrons. The van der Waals surface area contributed by atoms with Gasteiger partial charge in [-0.2, -0.15) is 11.3 Å². The molecule has 1 aromatic carbocycles. The van der Waals surface area contributed by atoms with Crippen LogP contribution >= 0.6 is 11.3 Å². The van der Waals surface area contributed by atoms with Crippen LogP contribution in [0.15, 0.2) is 35.0 Å². The molecule has 5 heteroatoms. The lowest BCUT2D eigenvalue weighted by atomic mass is 10.2. The molecule has 0 aliphatic rings. The molecule has 1 heterocycles. The number of carbonyl (C=O) groups is 1. The van der Waals surface area contributed by atoms with Crippen LogP contribution in [0.1, 0.15) is 15.9 Å². The molecule has 0 spiro atoms. The Kier molecular flexibility index (Phi) is 3.94. The minimum atomic E-state index is -1.28. The van der Waals surface area contributed by atoms with E-state index in [1.54, 1.807) is 11.3 Å². The Morgan fingerprint density at radius 3 is 2.83 bits per heavy atom. The summed E-state index contributed by atoms with van der Waals surface area (Å²) >= 11 is 1.61. The lowest BCUT2D eigenvalue weighted by Gasteiger charge is -2.06. The third-order valence-corrected chi connectivity index (χ3v) is 3.14. The van der Waals surface area contributed by atoms with E-state index in [-0.39, 0.29) is 5.56 Å². The highest BCUT2D eigenvalue weighted by Crippen LogP contribution is 2.17. The fourth-order valence-electron chi connectivity index (χ4n) is 1.48. The lowest BCUT2D eigenvalue weighted by molar-refractivity contribution is 0.0692. The Bertz CT molecular complexity index is 537. The van der Waals surface area contributed by atoms with Crippen molar-refractivity contribution < 1.29 is 19.0 Å². The zero-order chi connectivity index (χ0) is 13.0. The summed E-state index contributed by atoms with van der Waals surface area (Å²) < 4.78 is 18.7. The van der Waals surface area contributed by atoms with Crippen molar-refractivity contribution in [3.63, 3.8) is 0 Å². The van der Waals surface area contributed by atoms with E-state index >= 15 is 0 Å². The van der Waals surface area contributed by atoms with E-state index < -0.39 is 11.8 Å². The maximum absolute atomic E-state index is 13.3. The summed E-state index contributed by atoms with van der Waals surface area (Å²) in [6.45, 7) is 0.433. The molecule has 0 amide bonds. The number of halogens is 1. The maximum Gasteiger partial charge on any atom is 0.338 e. The van der Waals surface area contributed by atoms with Crippen LogP contribution in [-0.2, 0) is 6.42 Å². The number of carboxylic acid groups (broad SMARTS) is 1. The third-order valence-electron chi connectivity index (χ3n) is 2.41. The summed E-state index contributed by atoms with van der Waals surface area (Å²) in [4.78, 5) is 10.6. The predicted molar refractivity (Wildman–Crippen MR) is 66.9 cm³/mol. The zero-order valence-electron chi connectivity index (χ0n) is 9.43. The number of hydrogen-bond donors (Lipinski definition) is 1. The maximum atomic E-state index is 13.3. The van der Waals surface area contributed by atoms with E-state index in [2.05, 4.69) is 0 Å². The van der Waals surface area contributed by atoms with Gasteiger partial charge in [-0.15, -0.1) is 0 Å². The molecule has 0 saturated heterocycles. The SMILES string of the molecule is O=C(O)c1ccc(OCCc2ccsc2)cc1F. The molecular formula is C13H11FO3S. The van der Waals surface area contributed by atoms with Crippen molar-refractivity contribution in [2.75, 3.05) is 6.61 Å². The van der Waals surface area contributed by atoms with E-state index in [0.29, 0.717) is 12.4 Å². The van der Waals surface area contributed by atoms with Crippen LogP contribution in [0, 0.1) is 5.82 Å². The van der Waals surface area contributed by atoms with Crippen molar-refractivity contribution in [3.8, 4) is 5.75 Å². The Hall–Kier alpha value is -1.88. The van der Waals surface area contributed by atoms with E-state index in [1.807, 2.05) is 16.8 Å². The predicted octanol–water partition coefficient (Wildman–Crippen LogP) is 3.21. The van der Waals surface area contributed by atoms with Crippen LogP contribution < -0.4 is 4.74 Å². The summed E-state index contributed by atoms with van der Waals surface area (Å²) in [5, 5.41) is 12.7. The fourth-order valence-corrected chi connectivity index (χ4v) is 2.18. The normalized spacial score (nSPS) is 10.3. The number of hydrogen-bond acceptors (Lipinski definition) is 3. The highest BCUT2D eigenvalue weighted by atomic mass is 32.1. The van der Waals surface area contributed by atoms with Crippen molar-refractivity contribution >= 4 is 17.3 Å². The second kappa shape index (κ2) is 5.64. The van der Waals surface area contributed by atoms with Gasteiger partial charge in [0.05, 0.1) is 12.2 Å². The number of benzene rings is 1. The standard InChI is InChI=1S/C13H11FO3S/c14-12-7-10(1-2-11(12)13(15)16)17-5-3-9-4-6-18-8-9/h1-2,4,6-8H,3,5H2,(H,15,16). The Morgan fingerprint density at radius 1 is 1.39 bits per heavy atom. The first-order valence-corrected chi connectivity index (χ1v) is 6.28. The minimum absolute atomic E-state index is 0.340. The first-order chi connectivity index (χ1) is 8.66. The van der Waals surface area contributed by atoms with Crippen molar-refractivity contribution in [1.29, 1.82) is 0 Å². The van der Waals surface area contributed by atoms with Crippen molar-refractivity contribution in [3.05, 3.63) is 52.0 Å². The molecule has 1 N–H and O–H groups in total. The third kappa shape index (κ3) is 3.07. The average molecular weight is 266 g/mol. The molecule has 0 aliphatic heterocycles. The Balaban J connectivity index is 1.94. The number of thiophene rings is 1. The van der Waals surface area contributed by atoms with Gasteiger partial charge in [0.25, 0.3) is 0 Å². The summed E-state index contributed by atoms with van der Waals surface area (Å²) in [6, 6.07) is 5.76. The van der Waals surface area contributed by atoms with Crippen LogP contribution in [0.5, 0.6) is 5.75 Å². The van der Waals surface area contributed by atoms with Gasteiger partial charge in [-0.25, -0.2) is 9.18 Å². The monoisotopic (exact) mass is 266 g/mol. The van der Waals surface area contributed by atoms with Gasteiger partial charge in [0.1, 0.15) is 11.6 Å².